The number of carbonyl (C=O) groups is 2. The Hall–Kier alpha value is -3.91. The van der Waals surface area contributed by atoms with E-state index in [4.69, 9.17) is 10.7 Å². The van der Waals surface area contributed by atoms with Gasteiger partial charge in [-0.2, -0.15) is 0 Å². The highest BCUT2D eigenvalue weighted by molar-refractivity contribution is 7.14. The van der Waals surface area contributed by atoms with E-state index >= 15 is 0 Å². The van der Waals surface area contributed by atoms with Gasteiger partial charge in [-0.25, -0.2) is 4.98 Å². The topological polar surface area (TPSA) is 93.2 Å². The normalized spacial score (nSPS) is 15.4. The molecule has 2 amide bonds. The molecular weight excluding hydrogens is 446 g/mol. The average molecular weight is 472 g/mol. The van der Waals surface area contributed by atoms with Crippen molar-refractivity contribution in [2.75, 3.05) is 16.8 Å². The third-order valence-corrected chi connectivity index (χ3v) is 6.85. The van der Waals surface area contributed by atoms with Crippen LogP contribution < -0.4 is 16.0 Å². The Kier molecular flexibility index (Phi) is 6.14. The summed E-state index contributed by atoms with van der Waals surface area (Å²) in [5.74, 6) is -0.661. The Morgan fingerprint density at radius 2 is 1.85 bits per heavy atom. The van der Waals surface area contributed by atoms with Gasteiger partial charge in [-0.3, -0.25) is 14.9 Å². The van der Waals surface area contributed by atoms with E-state index < -0.39 is 5.91 Å². The van der Waals surface area contributed by atoms with Crippen LogP contribution in [0.2, 0.25) is 0 Å². The third kappa shape index (κ3) is 4.58. The molecule has 0 spiro atoms. The molecule has 1 saturated heterocycles. The van der Waals surface area contributed by atoms with Crippen LogP contribution in [0.4, 0.5) is 10.8 Å². The molecule has 0 saturated carbocycles. The van der Waals surface area contributed by atoms with Crippen molar-refractivity contribution in [3.05, 3.63) is 101 Å². The van der Waals surface area contributed by atoms with Gasteiger partial charge in [-0.15, -0.1) is 11.3 Å². The summed E-state index contributed by atoms with van der Waals surface area (Å²) >= 11 is 1.45. The van der Waals surface area contributed by atoms with Gasteiger partial charge in [0.25, 0.3) is 5.91 Å². The molecule has 2 aromatic carbocycles. The summed E-state index contributed by atoms with van der Waals surface area (Å²) in [5, 5.41) is 5.60. The standard InChI is InChI=1S/C26H25N5O2S/c27-24(32)19-12-10-18(11-13-19)16-30-14-4-9-23(30)25(33)29-26-28-21(17-34-26)22-8-5-15-31(22)20-6-2-1-3-7-20/h1-4,6-7,9-14,17,22H,5,8,15-16H2,(H2,27,32)(H,28,29,33)/t22-/m1/s1. The van der Waals surface area contributed by atoms with Gasteiger partial charge < -0.3 is 15.2 Å². The van der Waals surface area contributed by atoms with Crippen LogP contribution >= 0.6 is 11.3 Å². The first-order valence-electron chi connectivity index (χ1n) is 11.2. The molecule has 0 radical (unpaired) electrons. The van der Waals surface area contributed by atoms with Gasteiger partial charge >= 0.3 is 0 Å². The minimum Gasteiger partial charge on any atom is -0.366 e. The summed E-state index contributed by atoms with van der Waals surface area (Å²) in [6.07, 6.45) is 4.02. The minimum atomic E-state index is -0.458. The Balaban J connectivity index is 1.27. The van der Waals surface area contributed by atoms with Gasteiger partial charge in [-0.1, -0.05) is 30.3 Å². The lowest BCUT2D eigenvalue weighted by atomic mass is 10.1. The van der Waals surface area contributed by atoms with Crippen molar-refractivity contribution in [1.82, 2.24) is 9.55 Å². The number of amides is 2. The zero-order valence-electron chi connectivity index (χ0n) is 18.6. The van der Waals surface area contributed by atoms with Gasteiger partial charge in [0.1, 0.15) is 5.69 Å². The second-order valence-corrected chi connectivity index (χ2v) is 9.16. The van der Waals surface area contributed by atoms with E-state index in [0.717, 1.165) is 30.6 Å². The number of hydrogen-bond donors (Lipinski definition) is 2. The number of thiazole rings is 1. The summed E-state index contributed by atoms with van der Waals surface area (Å²) in [4.78, 5) is 31.4. The fourth-order valence-corrected chi connectivity index (χ4v) is 5.14. The van der Waals surface area contributed by atoms with Gasteiger partial charge in [0, 0.05) is 35.9 Å². The number of nitrogens with two attached hydrogens (primary N) is 1. The van der Waals surface area contributed by atoms with Crippen molar-refractivity contribution < 1.29 is 9.59 Å². The second kappa shape index (κ2) is 9.52. The Morgan fingerprint density at radius 1 is 1.06 bits per heavy atom. The largest absolute Gasteiger partial charge is 0.366 e. The lowest BCUT2D eigenvalue weighted by Crippen LogP contribution is -2.22. The van der Waals surface area contributed by atoms with Gasteiger partial charge in [0.05, 0.1) is 11.7 Å². The van der Waals surface area contributed by atoms with E-state index in [9.17, 15) is 9.59 Å². The molecule has 1 fully saturated rings. The predicted molar refractivity (Wildman–Crippen MR) is 134 cm³/mol. The van der Waals surface area contributed by atoms with Gasteiger partial charge in [0.15, 0.2) is 5.13 Å². The molecule has 3 N–H and O–H groups in total. The molecule has 34 heavy (non-hydrogen) atoms. The van der Waals surface area contributed by atoms with Crippen LogP contribution in [0.3, 0.4) is 0 Å². The smallest absolute Gasteiger partial charge is 0.274 e. The number of para-hydroxylation sites is 1. The summed E-state index contributed by atoms with van der Waals surface area (Å²) in [5.41, 5.74) is 9.47. The highest BCUT2D eigenvalue weighted by Crippen LogP contribution is 2.37. The van der Waals surface area contributed by atoms with Crippen molar-refractivity contribution in [3.8, 4) is 0 Å². The number of hydrogen-bond acceptors (Lipinski definition) is 5. The number of carbonyl (C=O) groups excluding carboxylic acids is 2. The number of aromatic nitrogens is 2. The molecule has 1 aliphatic rings. The van der Waals surface area contributed by atoms with Crippen LogP contribution in [-0.2, 0) is 6.54 Å². The molecule has 172 valence electrons. The molecule has 5 rings (SSSR count). The number of nitrogens with zero attached hydrogens (tertiary/aromatic N) is 3. The first-order chi connectivity index (χ1) is 16.6. The predicted octanol–water partition coefficient (Wildman–Crippen LogP) is 4.69. The Bertz CT molecular complexity index is 1300. The van der Waals surface area contributed by atoms with E-state index in [1.54, 1.807) is 18.2 Å². The van der Waals surface area contributed by atoms with Crippen LogP contribution in [-0.4, -0.2) is 27.9 Å². The highest BCUT2D eigenvalue weighted by atomic mass is 32.1. The maximum Gasteiger partial charge on any atom is 0.274 e. The van der Waals surface area contributed by atoms with Crippen LogP contribution in [0.5, 0.6) is 0 Å². The fourth-order valence-electron chi connectivity index (χ4n) is 4.39. The molecule has 4 aromatic rings. The van der Waals surface area contributed by atoms with E-state index in [1.807, 2.05) is 40.4 Å². The SMILES string of the molecule is NC(=O)c1ccc(Cn2cccc2C(=O)Nc2nc([C@H]3CCCN3c3ccccc3)cs2)cc1. The molecule has 1 aliphatic heterocycles. The quantitative estimate of drug-likeness (QED) is 0.409. The van der Waals surface area contributed by atoms with Crippen LogP contribution in [0.25, 0.3) is 0 Å². The molecular formula is C26H25N5O2S. The number of rotatable bonds is 7. The molecule has 0 unspecified atom stereocenters. The minimum absolute atomic E-state index is 0.203. The lowest BCUT2D eigenvalue weighted by Gasteiger charge is -2.25. The molecule has 0 bridgehead atoms. The maximum absolute atomic E-state index is 13.0. The zero-order chi connectivity index (χ0) is 23.5. The average Bonchev–Trinajstić information content (AvgIpc) is 3.61. The Morgan fingerprint density at radius 3 is 2.62 bits per heavy atom. The van der Waals surface area contributed by atoms with Crippen molar-refractivity contribution in [2.45, 2.75) is 25.4 Å². The van der Waals surface area contributed by atoms with Crippen molar-refractivity contribution in [1.29, 1.82) is 0 Å². The van der Waals surface area contributed by atoms with Gasteiger partial charge in [-0.05, 0) is 54.8 Å². The third-order valence-electron chi connectivity index (χ3n) is 6.08. The maximum atomic E-state index is 13.0. The number of benzene rings is 2. The second-order valence-electron chi connectivity index (χ2n) is 8.30. The molecule has 7 nitrogen and oxygen atoms in total. The van der Waals surface area contributed by atoms with Crippen molar-refractivity contribution in [2.24, 2.45) is 5.73 Å². The molecule has 8 heteroatoms. The van der Waals surface area contributed by atoms with Gasteiger partial charge in [0.2, 0.25) is 5.91 Å². The molecule has 0 aliphatic carbocycles. The fraction of sp³-hybridized carbons (Fsp3) is 0.192. The summed E-state index contributed by atoms with van der Waals surface area (Å²) in [6, 6.07) is 21.3. The first-order valence-corrected chi connectivity index (χ1v) is 12.1. The zero-order valence-corrected chi connectivity index (χ0v) is 19.4. The van der Waals surface area contributed by atoms with E-state index in [-0.39, 0.29) is 11.9 Å². The Labute approximate surface area is 201 Å². The number of primary amides is 1. The summed E-state index contributed by atoms with van der Waals surface area (Å²) in [7, 11) is 0. The van der Waals surface area contributed by atoms with E-state index in [1.165, 1.54) is 17.0 Å². The monoisotopic (exact) mass is 471 g/mol. The molecule has 2 aromatic heterocycles. The summed E-state index contributed by atoms with van der Waals surface area (Å²) < 4.78 is 1.87. The van der Waals surface area contributed by atoms with E-state index in [0.29, 0.717) is 22.9 Å². The first kappa shape index (κ1) is 21.9. The van der Waals surface area contributed by atoms with E-state index in [2.05, 4.69) is 34.5 Å². The van der Waals surface area contributed by atoms with Crippen molar-refractivity contribution >= 4 is 34.0 Å². The van der Waals surface area contributed by atoms with Crippen LogP contribution in [0.1, 0.15) is 51.0 Å². The summed E-state index contributed by atoms with van der Waals surface area (Å²) in [6.45, 7) is 1.51. The molecule has 1 atom stereocenters. The molecule has 3 heterocycles. The number of nitrogens with one attached hydrogen (secondary N) is 1. The van der Waals surface area contributed by atoms with Crippen LogP contribution in [0.15, 0.2) is 78.3 Å². The highest BCUT2D eigenvalue weighted by Gasteiger charge is 2.28. The number of anilines is 2. The lowest BCUT2D eigenvalue weighted by molar-refractivity contribution is 0.0996. The van der Waals surface area contributed by atoms with Crippen LogP contribution in [0, 0.1) is 0 Å². The van der Waals surface area contributed by atoms with Crippen molar-refractivity contribution in [3.63, 3.8) is 0 Å².